The first-order valence-corrected chi connectivity index (χ1v) is 13.1. The van der Waals surface area contributed by atoms with Gasteiger partial charge in [-0.3, -0.25) is 4.79 Å². The average molecular weight is 468 g/mol. The van der Waals surface area contributed by atoms with Gasteiger partial charge in [-0.15, -0.1) is 11.3 Å². The van der Waals surface area contributed by atoms with E-state index in [2.05, 4.69) is 28.9 Å². The predicted octanol–water partition coefficient (Wildman–Crippen LogP) is 4.84. The van der Waals surface area contributed by atoms with Crippen molar-refractivity contribution in [2.75, 3.05) is 18.4 Å². The Morgan fingerprint density at radius 2 is 1.75 bits per heavy atom. The number of fused-ring (bicyclic) bond motifs is 3. The van der Waals surface area contributed by atoms with Gasteiger partial charge in [0, 0.05) is 52.0 Å². The zero-order valence-corrected chi connectivity index (χ0v) is 19.5. The molecule has 0 radical (unpaired) electrons. The fourth-order valence-corrected chi connectivity index (χ4v) is 7.51. The monoisotopic (exact) mass is 467 g/mol. The number of aryl methyl sites for hydroxylation is 1. The Morgan fingerprint density at radius 1 is 1.00 bits per heavy atom. The highest BCUT2D eigenvalue weighted by Crippen LogP contribution is 2.31. The maximum absolute atomic E-state index is 12.7. The number of amides is 1. The van der Waals surface area contributed by atoms with Crippen LogP contribution in [0, 0.1) is 0 Å². The molecule has 5 rings (SSSR count). The molecule has 6 nitrogen and oxygen atoms in total. The number of hydrogen-bond acceptors (Lipinski definition) is 4. The molecular formula is C24H25N3O3S2. The molecule has 0 saturated carbocycles. The van der Waals surface area contributed by atoms with Crippen LogP contribution < -0.4 is 5.32 Å². The lowest BCUT2D eigenvalue weighted by Crippen LogP contribution is -2.27. The zero-order valence-electron chi connectivity index (χ0n) is 17.9. The number of carbonyl (C=O) groups is 1. The second kappa shape index (κ2) is 8.35. The lowest BCUT2D eigenvalue weighted by atomic mass is 10.1. The molecule has 8 heteroatoms. The molecule has 0 aliphatic carbocycles. The number of para-hydroxylation sites is 1. The SMILES string of the molecule is CCn1c2ccccc2c2cc(NC(=O)Cc3ccc(S(=O)(=O)N4CCCC4)s3)ccc21. The van der Waals surface area contributed by atoms with Gasteiger partial charge in [0.1, 0.15) is 4.21 Å². The predicted molar refractivity (Wildman–Crippen MR) is 130 cm³/mol. The fraction of sp³-hybridized carbons (Fsp3) is 0.292. The molecule has 0 spiro atoms. The van der Waals surface area contributed by atoms with Crippen LogP contribution in [0.25, 0.3) is 21.8 Å². The van der Waals surface area contributed by atoms with E-state index in [0.717, 1.165) is 46.2 Å². The van der Waals surface area contributed by atoms with Crippen molar-refractivity contribution >= 4 is 54.8 Å². The van der Waals surface area contributed by atoms with Gasteiger partial charge in [0.25, 0.3) is 10.0 Å². The summed E-state index contributed by atoms with van der Waals surface area (Å²) in [6.45, 7) is 4.15. The molecular weight excluding hydrogens is 442 g/mol. The maximum atomic E-state index is 12.7. The van der Waals surface area contributed by atoms with Gasteiger partial charge in [-0.25, -0.2) is 8.42 Å². The summed E-state index contributed by atoms with van der Waals surface area (Å²) in [4.78, 5) is 13.4. The topological polar surface area (TPSA) is 71.4 Å². The molecule has 3 heterocycles. The summed E-state index contributed by atoms with van der Waals surface area (Å²) in [7, 11) is -3.44. The van der Waals surface area contributed by atoms with E-state index < -0.39 is 10.0 Å². The molecule has 32 heavy (non-hydrogen) atoms. The molecule has 1 amide bonds. The van der Waals surface area contributed by atoms with Crippen LogP contribution >= 0.6 is 11.3 Å². The zero-order chi connectivity index (χ0) is 22.3. The maximum Gasteiger partial charge on any atom is 0.252 e. The summed E-state index contributed by atoms with van der Waals surface area (Å²) in [5.41, 5.74) is 3.06. The van der Waals surface area contributed by atoms with Crippen LogP contribution in [0.1, 0.15) is 24.6 Å². The van der Waals surface area contributed by atoms with Gasteiger partial charge in [0.05, 0.1) is 6.42 Å². The first-order valence-electron chi connectivity index (χ1n) is 10.9. The highest BCUT2D eigenvalue weighted by molar-refractivity contribution is 7.91. The van der Waals surface area contributed by atoms with Gasteiger partial charge in [-0.2, -0.15) is 4.31 Å². The summed E-state index contributed by atoms with van der Waals surface area (Å²) in [6, 6.07) is 17.6. The van der Waals surface area contributed by atoms with E-state index in [-0.39, 0.29) is 12.3 Å². The van der Waals surface area contributed by atoms with Crippen molar-refractivity contribution in [1.82, 2.24) is 8.87 Å². The lowest BCUT2D eigenvalue weighted by molar-refractivity contribution is -0.115. The number of thiophene rings is 1. The molecule has 0 atom stereocenters. The second-order valence-electron chi connectivity index (χ2n) is 8.05. The van der Waals surface area contributed by atoms with Crippen molar-refractivity contribution in [1.29, 1.82) is 0 Å². The van der Waals surface area contributed by atoms with Crippen LogP contribution in [-0.4, -0.2) is 36.3 Å². The first kappa shape index (κ1) is 21.2. The van der Waals surface area contributed by atoms with Crippen molar-refractivity contribution in [2.24, 2.45) is 0 Å². The average Bonchev–Trinajstić information content (AvgIpc) is 3.53. The third-order valence-corrected chi connectivity index (χ3v) is 9.45. The minimum absolute atomic E-state index is 0.148. The Morgan fingerprint density at radius 3 is 2.53 bits per heavy atom. The summed E-state index contributed by atoms with van der Waals surface area (Å²) in [6.07, 6.45) is 1.96. The van der Waals surface area contributed by atoms with Crippen molar-refractivity contribution in [3.8, 4) is 0 Å². The first-order chi connectivity index (χ1) is 15.5. The largest absolute Gasteiger partial charge is 0.341 e. The molecule has 2 aromatic carbocycles. The van der Waals surface area contributed by atoms with Gasteiger partial charge < -0.3 is 9.88 Å². The number of anilines is 1. The minimum Gasteiger partial charge on any atom is -0.341 e. The molecule has 2 aromatic heterocycles. The van der Waals surface area contributed by atoms with Crippen molar-refractivity contribution in [3.63, 3.8) is 0 Å². The van der Waals surface area contributed by atoms with Gasteiger partial charge in [0.2, 0.25) is 5.91 Å². The Balaban J connectivity index is 1.35. The Kier molecular flexibility index (Phi) is 5.53. The number of aromatic nitrogens is 1. The van der Waals surface area contributed by atoms with Crippen molar-refractivity contribution in [3.05, 3.63) is 59.5 Å². The summed E-state index contributed by atoms with van der Waals surface area (Å²) in [5, 5.41) is 5.25. The quantitative estimate of drug-likeness (QED) is 0.441. The van der Waals surface area contributed by atoms with Crippen LogP contribution in [0.4, 0.5) is 5.69 Å². The lowest BCUT2D eigenvalue weighted by Gasteiger charge is -2.13. The summed E-state index contributed by atoms with van der Waals surface area (Å²) >= 11 is 1.18. The van der Waals surface area contributed by atoms with E-state index in [0.29, 0.717) is 17.3 Å². The summed E-state index contributed by atoms with van der Waals surface area (Å²) in [5.74, 6) is -0.157. The number of nitrogens with zero attached hydrogens (tertiary/aromatic N) is 2. The Labute approximate surface area is 191 Å². The van der Waals surface area contributed by atoms with E-state index in [4.69, 9.17) is 0 Å². The number of hydrogen-bond donors (Lipinski definition) is 1. The second-order valence-corrected chi connectivity index (χ2v) is 11.4. The molecule has 1 N–H and O–H groups in total. The standard InChI is InChI=1S/C24H25N3O3S2/c1-2-27-21-8-4-3-7-19(21)20-15-17(9-11-22(20)27)25-23(28)16-18-10-12-24(31-18)32(29,30)26-13-5-6-14-26/h3-4,7-12,15H,2,5-6,13-14,16H2,1H3,(H,25,28). The fourth-order valence-electron chi connectivity index (χ4n) is 4.48. The Bertz CT molecular complexity index is 1410. The van der Waals surface area contributed by atoms with Gasteiger partial charge in [-0.05, 0) is 56.2 Å². The molecule has 1 saturated heterocycles. The van der Waals surface area contributed by atoms with Gasteiger partial charge in [0.15, 0.2) is 0 Å². The number of sulfonamides is 1. The minimum atomic E-state index is -3.44. The molecule has 1 aliphatic heterocycles. The molecule has 1 aliphatic rings. The van der Waals surface area contributed by atoms with E-state index in [1.54, 1.807) is 12.1 Å². The van der Waals surface area contributed by atoms with Crippen LogP contribution in [-0.2, 0) is 27.8 Å². The van der Waals surface area contributed by atoms with E-state index in [1.165, 1.54) is 21.2 Å². The van der Waals surface area contributed by atoms with Gasteiger partial charge >= 0.3 is 0 Å². The highest BCUT2D eigenvalue weighted by Gasteiger charge is 2.28. The molecule has 0 bridgehead atoms. The number of carbonyl (C=O) groups excluding carboxylic acids is 1. The van der Waals surface area contributed by atoms with E-state index in [9.17, 15) is 13.2 Å². The van der Waals surface area contributed by atoms with Crippen LogP contribution in [0.2, 0.25) is 0 Å². The smallest absolute Gasteiger partial charge is 0.252 e. The highest BCUT2D eigenvalue weighted by atomic mass is 32.2. The number of nitrogens with one attached hydrogen (secondary N) is 1. The Hall–Kier alpha value is -2.68. The van der Waals surface area contributed by atoms with Crippen molar-refractivity contribution < 1.29 is 13.2 Å². The van der Waals surface area contributed by atoms with Gasteiger partial charge in [-0.1, -0.05) is 18.2 Å². The number of benzene rings is 2. The normalized spacial score (nSPS) is 15.0. The molecule has 0 unspecified atom stereocenters. The van der Waals surface area contributed by atoms with Crippen LogP contribution in [0.15, 0.2) is 58.8 Å². The van der Waals surface area contributed by atoms with E-state index in [1.807, 2.05) is 30.3 Å². The summed E-state index contributed by atoms with van der Waals surface area (Å²) < 4.78 is 29.5. The molecule has 1 fully saturated rings. The van der Waals surface area contributed by atoms with Crippen LogP contribution in [0.3, 0.4) is 0 Å². The molecule has 4 aromatic rings. The van der Waals surface area contributed by atoms with E-state index >= 15 is 0 Å². The van der Waals surface area contributed by atoms with Crippen LogP contribution in [0.5, 0.6) is 0 Å². The third-order valence-electron chi connectivity index (χ3n) is 6.00. The molecule has 166 valence electrons. The third kappa shape index (κ3) is 3.72. The van der Waals surface area contributed by atoms with Crippen molar-refractivity contribution in [2.45, 2.75) is 36.9 Å². The number of rotatable bonds is 6.